The molecule has 0 saturated heterocycles. The van der Waals surface area contributed by atoms with Gasteiger partial charge in [-0.1, -0.05) is 18.9 Å². The summed E-state index contributed by atoms with van der Waals surface area (Å²) in [6.07, 6.45) is 5.46. The van der Waals surface area contributed by atoms with Gasteiger partial charge in [0.15, 0.2) is 0 Å². The number of nitriles is 1. The van der Waals surface area contributed by atoms with Crippen LogP contribution in [0.25, 0.3) is 0 Å². The summed E-state index contributed by atoms with van der Waals surface area (Å²) in [5.74, 6) is 0.641. The number of ether oxygens (including phenoxy) is 1. The lowest BCUT2D eigenvalue weighted by Crippen LogP contribution is -2.35. The van der Waals surface area contributed by atoms with Gasteiger partial charge >= 0.3 is 0 Å². The van der Waals surface area contributed by atoms with Gasteiger partial charge in [0.2, 0.25) is 0 Å². The van der Waals surface area contributed by atoms with Crippen molar-refractivity contribution in [2.75, 3.05) is 27.2 Å². The molecule has 0 unspecified atom stereocenters. The van der Waals surface area contributed by atoms with Crippen LogP contribution in [0.4, 0.5) is 0 Å². The van der Waals surface area contributed by atoms with Crippen LogP contribution in [0.3, 0.4) is 0 Å². The maximum Gasteiger partial charge on any atom is 0.136 e. The molecule has 0 amide bonds. The van der Waals surface area contributed by atoms with E-state index in [0.29, 0.717) is 11.3 Å². The van der Waals surface area contributed by atoms with E-state index in [1.165, 1.54) is 25.7 Å². The van der Waals surface area contributed by atoms with Crippen LogP contribution < -0.4 is 10.1 Å². The molecule has 114 valence electrons. The maximum atomic E-state index is 9.08. The van der Waals surface area contributed by atoms with Gasteiger partial charge in [-0.3, -0.25) is 0 Å². The van der Waals surface area contributed by atoms with E-state index >= 15 is 0 Å². The number of nitrogens with one attached hydrogen (secondary N) is 1. The van der Waals surface area contributed by atoms with Gasteiger partial charge in [-0.05, 0) is 37.6 Å². The summed E-state index contributed by atoms with van der Waals surface area (Å²) in [7, 11) is 3.81. The van der Waals surface area contributed by atoms with Gasteiger partial charge < -0.3 is 15.0 Å². The molecule has 0 heterocycles. The summed E-state index contributed by atoms with van der Waals surface area (Å²) in [4.78, 5) is 2.47. The first-order chi connectivity index (χ1) is 10.2. The van der Waals surface area contributed by atoms with Gasteiger partial charge in [-0.2, -0.15) is 5.26 Å². The zero-order chi connectivity index (χ0) is 15.1. The number of hydrogen-bond donors (Lipinski definition) is 1. The predicted octanol–water partition coefficient (Wildman–Crippen LogP) is 2.53. The topological polar surface area (TPSA) is 48.3 Å². The molecular formula is C17H25N3O. The SMILES string of the molecule is COc1ccc(CNCCN(C)C2CCCC2)cc1C#N. The van der Waals surface area contributed by atoms with Gasteiger partial charge in [0.05, 0.1) is 12.7 Å². The molecule has 0 aromatic heterocycles. The Balaban J connectivity index is 1.74. The largest absolute Gasteiger partial charge is 0.495 e. The van der Waals surface area contributed by atoms with Gasteiger partial charge in [-0.15, -0.1) is 0 Å². The molecule has 1 N–H and O–H groups in total. The molecule has 21 heavy (non-hydrogen) atoms. The Morgan fingerprint density at radius 2 is 2.14 bits per heavy atom. The van der Waals surface area contributed by atoms with E-state index in [0.717, 1.165) is 31.2 Å². The molecule has 0 bridgehead atoms. The van der Waals surface area contributed by atoms with Gasteiger partial charge in [-0.25, -0.2) is 0 Å². The second-order valence-electron chi connectivity index (χ2n) is 5.74. The van der Waals surface area contributed by atoms with Crippen molar-refractivity contribution in [3.63, 3.8) is 0 Å². The molecule has 4 nitrogen and oxygen atoms in total. The summed E-state index contributed by atoms with van der Waals surface area (Å²) in [6.45, 7) is 2.84. The number of likely N-dealkylation sites (N-methyl/N-ethyl adjacent to an activating group) is 1. The van der Waals surface area contributed by atoms with Crippen LogP contribution >= 0.6 is 0 Å². The van der Waals surface area contributed by atoms with E-state index in [1.54, 1.807) is 7.11 Å². The Hall–Kier alpha value is -1.57. The molecular weight excluding hydrogens is 262 g/mol. The van der Waals surface area contributed by atoms with E-state index in [2.05, 4.69) is 23.3 Å². The second kappa shape index (κ2) is 8.02. The highest BCUT2D eigenvalue weighted by molar-refractivity contribution is 5.45. The van der Waals surface area contributed by atoms with Crippen LogP contribution in [0.15, 0.2) is 18.2 Å². The third-order valence-corrected chi connectivity index (χ3v) is 4.30. The average molecular weight is 287 g/mol. The molecule has 1 aliphatic carbocycles. The normalized spacial score (nSPS) is 15.3. The average Bonchev–Trinajstić information content (AvgIpc) is 3.05. The molecule has 0 atom stereocenters. The molecule has 0 aliphatic heterocycles. The number of methoxy groups -OCH3 is 1. The van der Waals surface area contributed by atoms with Crippen LogP contribution in [-0.2, 0) is 6.54 Å². The first-order valence-electron chi connectivity index (χ1n) is 7.72. The van der Waals surface area contributed by atoms with Crippen molar-refractivity contribution in [3.8, 4) is 11.8 Å². The highest BCUT2D eigenvalue weighted by atomic mass is 16.5. The highest BCUT2D eigenvalue weighted by Crippen LogP contribution is 2.22. The Morgan fingerprint density at radius 1 is 1.38 bits per heavy atom. The smallest absolute Gasteiger partial charge is 0.136 e. The number of nitrogens with zero attached hydrogens (tertiary/aromatic N) is 2. The van der Waals surface area contributed by atoms with Crippen molar-refractivity contribution < 1.29 is 4.74 Å². The van der Waals surface area contributed by atoms with Crippen molar-refractivity contribution in [2.24, 2.45) is 0 Å². The lowest BCUT2D eigenvalue weighted by atomic mass is 10.1. The van der Waals surface area contributed by atoms with E-state index in [4.69, 9.17) is 10.00 Å². The molecule has 1 aromatic carbocycles. The Bertz CT molecular complexity index is 489. The van der Waals surface area contributed by atoms with E-state index in [-0.39, 0.29) is 0 Å². The fraction of sp³-hybridized carbons (Fsp3) is 0.588. The number of hydrogen-bond acceptors (Lipinski definition) is 4. The van der Waals surface area contributed by atoms with Crippen LogP contribution in [0.1, 0.15) is 36.8 Å². The molecule has 4 heteroatoms. The van der Waals surface area contributed by atoms with Crippen molar-refractivity contribution in [2.45, 2.75) is 38.3 Å². The van der Waals surface area contributed by atoms with E-state index in [9.17, 15) is 0 Å². The zero-order valence-electron chi connectivity index (χ0n) is 13.1. The minimum Gasteiger partial charge on any atom is -0.495 e. The van der Waals surface area contributed by atoms with Crippen LogP contribution in [0, 0.1) is 11.3 Å². The standard InChI is InChI=1S/C17H25N3O/c1-20(16-5-3-4-6-16)10-9-19-13-14-7-8-17(21-2)15(11-14)12-18/h7-8,11,16,19H,3-6,9-10,13H2,1-2H3. The van der Waals surface area contributed by atoms with E-state index in [1.807, 2.05) is 18.2 Å². The van der Waals surface area contributed by atoms with Crippen molar-refractivity contribution >= 4 is 0 Å². The Kier molecular flexibility index (Phi) is 6.04. The Labute approximate surface area is 127 Å². The third kappa shape index (κ3) is 4.45. The van der Waals surface area contributed by atoms with Crippen LogP contribution in [0.2, 0.25) is 0 Å². The van der Waals surface area contributed by atoms with E-state index < -0.39 is 0 Å². The molecule has 1 aromatic rings. The molecule has 2 rings (SSSR count). The maximum absolute atomic E-state index is 9.08. The van der Waals surface area contributed by atoms with Gasteiger partial charge in [0.25, 0.3) is 0 Å². The summed E-state index contributed by atoms with van der Waals surface area (Å²) < 4.78 is 5.16. The second-order valence-corrected chi connectivity index (χ2v) is 5.74. The number of benzene rings is 1. The van der Waals surface area contributed by atoms with Gasteiger partial charge in [0.1, 0.15) is 11.8 Å². The summed E-state index contributed by atoms with van der Waals surface area (Å²) in [5, 5.41) is 12.5. The Morgan fingerprint density at radius 3 is 2.81 bits per heavy atom. The molecule has 0 spiro atoms. The van der Waals surface area contributed by atoms with Crippen molar-refractivity contribution in [1.82, 2.24) is 10.2 Å². The molecule has 1 fully saturated rings. The molecule has 1 saturated carbocycles. The summed E-state index contributed by atoms with van der Waals surface area (Å²) >= 11 is 0. The first kappa shape index (κ1) is 15.8. The monoisotopic (exact) mass is 287 g/mol. The quantitative estimate of drug-likeness (QED) is 0.783. The number of rotatable bonds is 7. The lowest BCUT2D eigenvalue weighted by molar-refractivity contribution is 0.245. The van der Waals surface area contributed by atoms with Gasteiger partial charge in [0, 0.05) is 25.7 Å². The fourth-order valence-corrected chi connectivity index (χ4v) is 2.97. The van der Waals surface area contributed by atoms with Crippen LogP contribution in [-0.4, -0.2) is 38.2 Å². The summed E-state index contributed by atoms with van der Waals surface area (Å²) in [5.41, 5.74) is 1.72. The minimum atomic E-state index is 0.597. The fourth-order valence-electron chi connectivity index (χ4n) is 2.97. The lowest BCUT2D eigenvalue weighted by Gasteiger charge is -2.24. The zero-order valence-corrected chi connectivity index (χ0v) is 13.1. The molecule has 1 aliphatic rings. The summed E-state index contributed by atoms with van der Waals surface area (Å²) in [6, 6.07) is 8.71. The third-order valence-electron chi connectivity index (χ3n) is 4.30. The molecule has 0 radical (unpaired) electrons. The minimum absolute atomic E-state index is 0.597. The van der Waals surface area contributed by atoms with Crippen LogP contribution in [0.5, 0.6) is 5.75 Å². The first-order valence-corrected chi connectivity index (χ1v) is 7.72. The van der Waals surface area contributed by atoms with Crippen molar-refractivity contribution in [3.05, 3.63) is 29.3 Å². The highest BCUT2D eigenvalue weighted by Gasteiger charge is 2.18. The van der Waals surface area contributed by atoms with Crippen molar-refractivity contribution in [1.29, 1.82) is 5.26 Å². The predicted molar refractivity (Wildman–Crippen MR) is 84.3 cm³/mol.